The molecule has 0 heterocycles. The van der Waals surface area contributed by atoms with E-state index in [9.17, 15) is 20.6 Å². The third-order valence-electron chi connectivity index (χ3n) is 23.1. The van der Waals surface area contributed by atoms with Crippen molar-refractivity contribution in [3.63, 3.8) is 0 Å². The zero-order chi connectivity index (χ0) is 50.9. The fourth-order valence-electron chi connectivity index (χ4n) is 19.7. The molecule has 10 nitrogen and oxygen atoms in total. The predicted octanol–water partition coefficient (Wildman–Crippen LogP) is 12.5. The highest BCUT2D eigenvalue weighted by molar-refractivity contribution is 5.16. The van der Waals surface area contributed by atoms with Crippen molar-refractivity contribution in [1.82, 2.24) is 0 Å². The minimum absolute atomic E-state index is 0. The van der Waals surface area contributed by atoms with Crippen molar-refractivity contribution in [3.05, 3.63) is 0 Å². The summed E-state index contributed by atoms with van der Waals surface area (Å²) < 4.78 is 26.7. The number of ether oxygens (including phenoxy) is 4. The van der Waals surface area contributed by atoms with Gasteiger partial charge in [0.1, 0.15) is 13.1 Å². The molecule has 0 amide bonds. The SMILES string of the molecule is C.CCC[C@@H](C)[C@H]1CC[C@H]2[C@@H]3[C@H](OCCO)C[C@@H]4CCCC[C@]4(C)[C@H]3C[C@H](OCCO)[C@]12C.CCC[C@@H](C)[C@H]1CC[C@H]2[C@@H]3[C@H](OCC[N+](C)(C)O)C[C@@H]4CCCC[C@]4(C)[C@H]3C[C@H](OCC[N+](C)(C)O)[C@]12C. The summed E-state index contributed by atoms with van der Waals surface area (Å²) in [6, 6.07) is 0. The summed E-state index contributed by atoms with van der Waals surface area (Å²) in [5.74, 6) is 7.92. The van der Waals surface area contributed by atoms with Crippen LogP contribution in [-0.4, -0.2) is 135 Å². The van der Waals surface area contributed by atoms with Gasteiger partial charge in [-0.2, -0.15) is 9.29 Å². The van der Waals surface area contributed by atoms with Gasteiger partial charge in [0.05, 0.1) is 92.2 Å². The molecule has 416 valence electrons. The van der Waals surface area contributed by atoms with Gasteiger partial charge in [0, 0.05) is 10.8 Å². The van der Waals surface area contributed by atoms with E-state index in [1.165, 1.54) is 116 Å². The van der Waals surface area contributed by atoms with Crippen LogP contribution in [0.3, 0.4) is 0 Å². The van der Waals surface area contributed by atoms with Gasteiger partial charge in [-0.1, -0.05) is 114 Å². The third-order valence-corrected chi connectivity index (χ3v) is 23.1. The minimum atomic E-state index is -0.0377. The standard InChI is InChI=1S/C32H62N2O4.C28H50O4.CH4/c1-9-12-23(2)25-14-15-26-30-27(22-29(32(25,26)4)38-20-18-34(7,8)36)31(3)16-11-10-13-24(31)21-28(30)37-19-17-33(5,6)35;1-5-8-19(2)21-10-11-22-26-23(18-25(28(21,22)4)32-16-14-30)27(3)12-7-6-9-20(27)17-24(26)31-15-13-29;/h23-30,35-36H,9-22H2,1-8H3;19-26,29-30H,5-18H2,1-4H3;1H4/q+2;;/t23-,24+,25-,26+,27+,28-,29+,30+,31+,32-;19-,20+,21-,22+,23+,24-,25+,26+,27+,28-;/m11./s1. The van der Waals surface area contributed by atoms with Crippen molar-refractivity contribution in [3.8, 4) is 0 Å². The summed E-state index contributed by atoms with van der Waals surface area (Å²) in [7, 11) is 7.37. The molecule has 8 rings (SSSR count). The Hall–Kier alpha value is -0.400. The average molecular weight is 1010 g/mol. The number of nitrogens with zero attached hydrogens (tertiary/aromatic N) is 2. The molecule has 0 unspecified atom stereocenters. The Labute approximate surface area is 436 Å². The van der Waals surface area contributed by atoms with Gasteiger partial charge < -0.3 is 29.2 Å². The Bertz CT molecular complexity index is 1620. The molecule has 10 heteroatoms. The number of rotatable bonds is 20. The molecule has 20 atom stereocenters. The van der Waals surface area contributed by atoms with Crippen molar-refractivity contribution in [1.29, 1.82) is 0 Å². The number of hydrogen-bond donors (Lipinski definition) is 4. The Balaban J connectivity index is 0.000000232. The Morgan fingerprint density at radius 1 is 0.507 bits per heavy atom. The molecular weight excluding hydrogens is 889 g/mol. The maximum Gasteiger partial charge on any atom is 0.132 e. The fourth-order valence-corrected chi connectivity index (χ4v) is 19.7. The number of fused-ring (bicyclic) bond motifs is 10. The molecule has 0 aromatic rings. The van der Waals surface area contributed by atoms with Crippen LogP contribution in [0, 0.1) is 92.7 Å². The highest BCUT2D eigenvalue weighted by Crippen LogP contribution is 2.71. The largest absolute Gasteiger partial charge is 0.394 e. The molecule has 0 aromatic heterocycles. The molecule has 8 saturated carbocycles. The lowest BCUT2D eigenvalue weighted by molar-refractivity contribution is -1.07. The molecule has 8 aliphatic carbocycles. The van der Waals surface area contributed by atoms with Crippen LogP contribution in [0.4, 0.5) is 0 Å². The molecule has 0 radical (unpaired) electrons. The van der Waals surface area contributed by atoms with E-state index in [0.717, 1.165) is 24.7 Å². The van der Waals surface area contributed by atoms with Gasteiger partial charge in [-0.05, 0) is 159 Å². The van der Waals surface area contributed by atoms with Crippen LogP contribution < -0.4 is 0 Å². The molecule has 8 fully saturated rings. The fraction of sp³-hybridized carbons (Fsp3) is 1.00. The first kappa shape index (κ1) is 59.8. The van der Waals surface area contributed by atoms with Crippen LogP contribution in [0.5, 0.6) is 0 Å². The lowest BCUT2D eigenvalue weighted by atomic mass is 9.43. The summed E-state index contributed by atoms with van der Waals surface area (Å²) in [5, 5.41) is 39.9. The zero-order valence-electron chi connectivity index (χ0n) is 47.4. The number of hydrogen-bond acceptors (Lipinski definition) is 8. The van der Waals surface area contributed by atoms with E-state index >= 15 is 0 Å². The molecule has 0 aromatic carbocycles. The van der Waals surface area contributed by atoms with Gasteiger partial charge in [0.25, 0.3) is 0 Å². The second kappa shape index (κ2) is 24.5. The molecule has 4 N–H and O–H groups in total. The van der Waals surface area contributed by atoms with Crippen LogP contribution in [0.2, 0.25) is 0 Å². The first-order valence-corrected chi connectivity index (χ1v) is 29.9. The van der Waals surface area contributed by atoms with Gasteiger partial charge in [0.2, 0.25) is 0 Å². The molecule has 0 aliphatic heterocycles. The first-order chi connectivity index (χ1) is 33.1. The second-order valence-electron chi connectivity index (χ2n) is 27.7. The summed E-state index contributed by atoms with van der Waals surface area (Å²) >= 11 is 0. The molecule has 0 spiro atoms. The average Bonchev–Trinajstić information content (AvgIpc) is 3.85. The van der Waals surface area contributed by atoms with Crippen molar-refractivity contribution in [2.45, 2.75) is 216 Å². The van der Waals surface area contributed by atoms with E-state index < -0.39 is 0 Å². The number of aliphatic hydroxyl groups is 2. The number of likely N-dealkylation sites (N-methyl/N-ethyl adjacent to an activating group) is 2. The Morgan fingerprint density at radius 2 is 0.887 bits per heavy atom. The van der Waals surface area contributed by atoms with Gasteiger partial charge in [-0.3, -0.25) is 0 Å². The third kappa shape index (κ3) is 12.2. The zero-order valence-corrected chi connectivity index (χ0v) is 47.4. The van der Waals surface area contributed by atoms with E-state index in [4.69, 9.17) is 18.9 Å². The van der Waals surface area contributed by atoms with Crippen molar-refractivity contribution < 1.29 is 48.9 Å². The van der Waals surface area contributed by atoms with E-state index in [1.807, 2.05) is 28.2 Å². The number of aliphatic hydroxyl groups excluding tert-OH is 2. The lowest BCUT2D eigenvalue weighted by Gasteiger charge is -2.64. The first-order valence-electron chi connectivity index (χ1n) is 29.9. The summed E-state index contributed by atoms with van der Waals surface area (Å²) in [6.07, 6.45) is 26.7. The van der Waals surface area contributed by atoms with Gasteiger partial charge in [-0.15, -0.1) is 0 Å². The maximum atomic E-state index is 10.4. The van der Waals surface area contributed by atoms with E-state index in [1.54, 1.807) is 0 Å². The Morgan fingerprint density at radius 3 is 1.28 bits per heavy atom. The van der Waals surface area contributed by atoms with Gasteiger partial charge >= 0.3 is 0 Å². The van der Waals surface area contributed by atoms with Gasteiger partial charge in [-0.25, -0.2) is 10.4 Å². The van der Waals surface area contributed by atoms with Crippen molar-refractivity contribution >= 4 is 0 Å². The summed E-state index contributed by atoms with van der Waals surface area (Å²) in [4.78, 5) is 0. The molecule has 0 bridgehead atoms. The van der Waals surface area contributed by atoms with Crippen LogP contribution in [0.15, 0.2) is 0 Å². The van der Waals surface area contributed by atoms with Gasteiger partial charge in [0.15, 0.2) is 0 Å². The maximum absolute atomic E-state index is 10.4. The highest BCUT2D eigenvalue weighted by atomic mass is 16.6. The topological polar surface area (TPSA) is 118 Å². The van der Waals surface area contributed by atoms with Crippen molar-refractivity contribution in [2.24, 2.45) is 92.7 Å². The van der Waals surface area contributed by atoms with Crippen LogP contribution in [0.25, 0.3) is 0 Å². The van der Waals surface area contributed by atoms with Crippen LogP contribution in [-0.2, 0) is 18.9 Å². The smallest absolute Gasteiger partial charge is 0.132 e. The molecular formula is C61H116N2O8+2. The van der Waals surface area contributed by atoms with Crippen LogP contribution in [0.1, 0.15) is 191 Å². The van der Waals surface area contributed by atoms with Crippen molar-refractivity contribution in [2.75, 3.05) is 80.9 Å². The monoisotopic (exact) mass is 1000 g/mol. The Kier molecular flexibility index (Phi) is 20.7. The normalized spacial score (nSPS) is 43.8. The second-order valence-corrected chi connectivity index (χ2v) is 27.7. The van der Waals surface area contributed by atoms with E-state index in [2.05, 4.69) is 55.4 Å². The summed E-state index contributed by atoms with van der Waals surface area (Å²) in [6.45, 7) is 23.6. The highest BCUT2D eigenvalue weighted by Gasteiger charge is 2.68. The molecule has 0 saturated heterocycles. The quantitative estimate of drug-likeness (QED) is 0.0704. The van der Waals surface area contributed by atoms with E-state index in [-0.39, 0.29) is 59.1 Å². The number of quaternary nitrogens is 2. The minimum Gasteiger partial charge on any atom is -0.394 e. The predicted molar refractivity (Wildman–Crippen MR) is 287 cm³/mol. The van der Waals surface area contributed by atoms with E-state index in [0.29, 0.717) is 116 Å². The lowest BCUT2D eigenvalue weighted by Crippen LogP contribution is -2.63. The summed E-state index contributed by atoms with van der Waals surface area (Å²) in [5.41, 5.74) is 1.06. The van der Waals surface area contributed by atoms with Crippen LogP contribution >= 0.6 is 0 Å². The molecule has 71 heavy (non-hydrogen) atoms. The molecule has 8 aliphatic rings. The number of hydroxylamine groups is 6.